The van der Waals surface area contributed by atoms with Gasteiger partial charge in [-0.05, 0) is 87.1 Å². The number of fused-ring (bicyclic) bond motifs is 1. The number of rotatable bonds is 8. The first kappa shape index (κ1) is 24.9. The van der Waals surface area contributed by atoms with E-state index in [0.29, 0.717) is 11.3 Å². The van der Waals surface area contributed by atoms with Gasteiger partial charge in [-0.3, -0.25) is 4.57 Å². The molecule has 1 N–H and O–H groups in total. The Hall–Kier alpha value is -3.24. The second-order valence-electron chi connectivity index (χ2n) is 9.41. The normalized spacial score (nSPS) is 12.2. The zero-order valence-corrected chi connectivity index (χ0v) is 22.3. The first-order chi connectivity index (χ1) is 16.7. The maximum absolute atomic E-state index is 12.4. The lowest BCUT2D eigenvalue weighted by Crippen LogP contribution is -2.08. The molecule has 0 radical (unpaired) electrons. The molecule has 0 aliphatic rings. The Labute approximate surface area is 207 Å². The van der Waals surface area contributed by atoms with Crippen LogP contribution in [-0.2, 0) is 4.57 Å². The van der Waals surface area contributed by atoms with E-state index in [1.807, 2.05) is 35.0 Å². The molecule has 0 aliphatic heterocycles. The van der Waals surface area contributed by atoms with Gasteiger partial charge >= 0.3 is 0 Å². The quantitative estimate of drug-likeness (QED) is 0.272. The molecule has 35 heavy (non-hydrogen) atoms. The number of hydrogen-bond acceptors (Lipinski definition) is 5. The molecule has 0 atom stereocenters. The maximum atomic E-state index is 12.4. The molecule has 0 unspecified atom stereocenters. The average Bonchev–Trinajstić information content (AvgIpc) is 3.23. The SMILES string of the molecule is CCC(CC)c1nc(Nc2ccc(P(C)(C)=O)cc2)c2ncn(/C=C/c3c(C)cccc3C)c2n1. The summed E-state index contributed by atoms with van der Waals surface area (Å²) in [4.78, 5) is 14.5. The van der Waals surface area contributed by atoms with Gasteiger partial charge in [0.05, 0.1) is 0 Å². The predicted molar refractivity (Wildman–Crippen MR) is 149 cm³/mol. The van der Waals surface area contributed by atoms with Gasteiger partial charge in [0, 0.05) is 23.1 Å². The van der Waals surface area contributed by atoms with Gasteiger partial charge in [0.2, 0.25) is 0 Å². The lowest BCUT2D eigenvalue weighted by molar-refractivity contribution is 0.588. The molecule has 4 aromatic rings. The molecule has 0 fully saturated rings. The van der Waals surface area contributed by atoms with Crippen LogP contribution in [0.5, 0.6) is 0 Å². The fourth-order valence-electron chi connectivity index (χ4n) is 4.25. The summed E-state index contributed by atoms with van der Waals surface area (Å²) in [6.07, 6.45) is 7.85. The average molecular weight is 488 g/mol. The Bertz CT molecular complexity index is 1390. The van der Waals surface area contributed by atoms with Crippen molar-refractivity contribution in [3.8, 4) is 0 Å². The molecule has 4 rings (SSSR count). The number of aromatic nitrogens is 4. The largest absolute Gasteiger partial charge is 0.338 e. The Morgan fingerprint density at radius 3 is 2.26 bits per heavy atom. The van der Waals surface area contributed by atoms with Crippen LogP contribution in [0.1, 0.15) is 55.1 Å². The Morgan fingerprint density at radius 1 is 1.00 bits per heavy atom. The molecule has 7 heteroatoms. The molecule has 0 saturated carbocycles. The third-order valence-electron chi connectivity index (χ3n) is 6.49. The van der Waals surface area contributed by atoms with Gasteiger partial charge < -0.3 is 9.88 Å². The van der Waals surface area contributed by atoms with Crippen LogP contribution < -0.4 is 10.6 Å². The zero-order valence-electron chi connectivity index (χ0n) is 21.4. The van der Waals surface area contributed by atoms with Crippen LogP contribution in [0.4, 0.5) is 11.5 Å². The topological polar surface area (TPSA) is 72.7 Å². The van der Waals surface area contributed by atoms with Gasteiger partial charge in [0.25, 0.3) is 0 Å². The van der Waals surface area contributed by atoms with Crippen molar-refractivity contribution >= 4 is 47.4 Å². The summed E-state index contributed by atoms with van der Waals surface area (Å²) < 4.78 is 14.4. The Kier molecular flexibility index (Phi) is 7.23. The van der Waals surface area contributed by atoms with Crippen molar-refractivity contribution in [2.45, 2.75) is 46.5 Å². The van der Waals surface area contributed by atoms with Crippen molar-refractivity contribution in [2.75, 3.05) is 18.6 Å². The van der Waals surface area contributed by atoms with Crippen LogP contribution in [0.15, 0.2) is 48.8 Å². The summed E-state index contributed by atoms with van der Waals surface area (Å²) in [5.41, 5.74) is 6.02. The number of aryl methyl sites for hydroxylation is 2. The Balaban J connectivity index is 1.78. The van der Waals surface area contributed by atoms with Crippen molar-refractivity contribution in [3.63, 3.8) is 0 Å². The number of imidazole rings is 1. The van der Waals surface area contributed by atoms with Crippen LogP contribution in [0.3, 0.4) is 0 Å². The Morgan fingerprint density at radius 2 is 1.66 bits per heavy atom. The van der Waals surface area contributed by atoms with E-state index in [1.165, 1.54) is 16.7 Å². The van der Waals surface area contributed by atoms with Crippen LogP contribution in [-0.4, -0.2) is 32.8 Å². The van der Waals surface area contributed by atoms with E-state index in [0.717, 1.165) is 35.3 Å². The second kappa shape index (κ2) is 10.2. The van der Waals surface area contributed by atoms with Crippen LogP contribution in [0.2, 0.25) is 0 Å². The lowest BCUT2D eigenvalue weighted by atomic mass is 10.0. The number of nitrogens with one attached hydrogen (secondary N) is 1. The van der Waals surface area contributed by atoms with E-state index in [9.17, 15) is 4.57 Å². The summed E-state index contributed by atoms with van der Waals surface area (Å²) >= 11 is 0. The van der Waals surface area contributed by atoms with Crippen molar-refractivity contribution in [3.05, 3.63) is 71.3 Å². The second-order valence-corrected chi connectivity index (χ2v) is 12.6. The maximum Gasteiger partial charge on any atom is 0.169 e. The molecule has 2 aromatic carbocycles. The predicted octanol–water partition coefficient (Wildman–Crippen LogP) is 6.97. The summed E-state index contributed by atoms with van der Waals surface area (Å²) in [7, 11) is -2.30. The third kappa shape index (κ3) is 5.38. The first-order valence-corrected chi connectivity index (χ1v) is 14.7. The first-order valence-electron chi connectivity index (χ1n) is 12.1. The lowest BCUT2D eigenvalue weighted by Gasteiger charge is -2.14. The number of hydrogen-bond donors (Lipinski definition) is 1. The van der Waals surface area contributed by atoms with E-state index in [2.05, 4.69) is 62.3 Å². The van der Waals surface area contributed by atoms with Crippen LogP contribution >= 0.6 is 7.14 Å². The van der Waals surface area contributed by atoms with Gasteiger partial charge in [-0.25, -0.2) is 15.0 Å². The van der Waals surface area contributed by atoms with Gasteiger partial charge in [-0.15, -0.1) is 0 Å². The monoisotopic (exact) mass is 487 g/mol. The highest BCUT2D eigenvalue weighted by Gasteiger charge is 2.18. The van der Waals surface area contributed by atoms with E-state index in [-0.39, 0.29) is 5.92 Å². The molecule has 0 spiro atoms. The fraction of sp³-hybridized carbons (Fsp3) is 0.321. The summed E-state index contributed by atoms with van der Waals surface area (Å²) in [6, 6.07) is 14.0. The molecule has 2 aromatic heterocycles. The molecular formula is C28H34N5OP. The summed E-state index contributed by atoms with van der Waals surface area (Å²) in [5, 5.41) is 4.29. The van der Waals surface area contributed by atoms with Crippen molar-refractivity contribution in [2.24, 2.45) is 0 Å². The number of nitrogens with zero attached hydrogens (tertiary/aromatic N) is 4. The van der Waals surface area contributed by atoms with Gasteiger partial charge in [0.1, 0.15) is 19.3 Å². The van der Waals surface area contributed by atoms with E-state index < -0.39 is 7.14 Å². The van der Waals surface area contributed by atoms with Crippen LogP contribution in [0.25, 0.3) is 23.4 Å². The van der Waals surface area contributed by atoms with Crippen molar-refractivity contribution in [1.82, 2.24) is 19.5 Å². The molecule has 0 bridgehead atoms. The molecule has 0 saturated heterocycles. The molecule has 182 valence electrons. The van der Waals surface area contributed by atoms with Crippen molar-refractivity contribution < 1.29 is 4.57 Å². The smallest absolute Gasteiger partial charge is 0.169 e. The molecule has 0 amide bonds. The minimum absolute atomic E-state index is 0.263. The van der Waals surface area contributed by atoms with Gasteiger partial charge in [-0.1, -0.05) is 32.0 Å². The van der Waals surface area contributed by atoms with Gasteiger partial charge in [-0.2, -0.15) is 0 Å². The van der Waals surface area contributed by atoms with Crippen LogP contribution in [0, 0.1) is 13.8 Å². The standard InChI is InChI=1S/C28H34N5OP/c1-7-21(8-2)26-31-27(30-22-12-14-23(15-13-22)35(5,6)34)25-28(32-26)33(18-29-25)17-16-24-19(3)10-9-11-20(24)4/h9-18,21H,7-8H2,1-6H3,(H,30,31,32)/b17-16+. The number of anilines is 2. The van der Waals surface area contributed by atoms with E-state index >= 15 is 0 Å². The molecule has 0 aliphatic carbocycles. The third-order valence-corrected chi connectivity index (χ3v) is 8.03. The zero-order chi connectivity index (χ0) is 25.2. The minimum atomic E-state index is -2.30. The minimum Gasteiger partial charge on any atom is -0.338 e. The number of benzene rings is 2. The highest BCUT2D eigenvalue weighted by atomic mass is 31.2. The highest BCUT2D eigenvalue weighted by Crippen LogP contribution is 2.35. The fourth-order valence-corrected chi connectivity index (χ4v) is 5.12. The summed E-state index contributed by atoms with van der Waals surface area (Å²) in [6.45, 7) is 12.1. The molecule has 6 nitrogen and oxygen atoms in total. The van der Waals surface area contributed by atoms with E-state index in [1.54, 1.807) is 19.7 Å². The molecular weight excluding hydrogens is 453 g/mol. The van der Waals surface area contributed by atoms with Gasteiger partial charge in [0.15, 0.2) is 17.0 Å². The highest BCUT2D eigenvalue weighted by molar-refractivity contribution is 7.70. The summed E-state index contributed by atoms with van der Waals surface area (Å²) in [5.74, 6) is 1.76. The van der Waals surface area contributed by atoms with Crippen molar-refractivity contribution in [1.29, 1.82) is 0 Å². The molecule has 2 heterocycles. The van der Waals surface area contributed by atoms with E-state index in [4.69, 9.17) is 9.97 Å².